The van der Waals surface area contributed by atoms with Gasteiger partial charge in [0.05, 0.1) is 11.6 Å². The van der Waals surface area contributed by atoms with Crippen LogP contribution >= 0.6 is 0 Å². The number of aromatic nitrogens is 4. The number of nitrogens with zero attached hydrogens (tertiary/aromatic N) is 5. The first kappa shape index (κ1) is 19.9. The predicted octanol–water partition coefficient (Wildman–Crippen LogP) is 3.40. The molecule has 0 aliphatic carbocycles. The third-order valence-corrected chi connectivity index (χ3v) is 5.69. The highest BCUT2D eigenvalue weighted by Gasteiger charge is 2.35. The zero-order valence-corrected chi connectivity index (χ0v) is 17.8. The van der Waals surface area contributed by atoms with Gasteiger partial charge in [-0.05, 0) is 50.2 Å². The average molecular weight is 426 g/mol. The summed E-state index contributed by atoms with van der Waals surface area (Å²) in [4.78, 5) is 27.1. The Morgan fingerprint density at radius 3 is 2.66 bits per heavy atom. The van der Waals surface area contributed by atoms with Gasteiger partial charge in [-0.3, -0.25) is 9.59 Å². The van der Waals surface area contributed by atoms with E-state index in [0.717, 1.165) is 22.5 Å². The molecule has 0 bridgehead atoms. The zero-order chi connectivity index (χ0) is 22.2. The minimum absolute atomic E-state index is 0.0374. The van der Waals surface area contributed by atoms with Crippen LogP contribution in [-0.2, 0) is 9.59 Å². The second-order valence-electron chi connectivity index (χ2n) is 8.05. The lowest BCUT2D eigenvalue weighted by atomic mass is 10.1. The van der Waals surface area contributed by atoms with Crippen LogP contribution in [-0.4, -0.2) is 38.2 Å². The number of aryl methyl sites for hydroxylation is 2. The maximum Gasteiger partial charge on any atom is 0.229 e. The lowest BCUT2D eigenvalue weighted by Crippen LogP contribution is -2.28. The summed E-state index contributed by atoms with van der Waals surface area (Å²) in [7, 11) is 0. The van der Waals surface area contributed by atoms with Crippen molar-refractivity contribution in [1.29, 1.82) is 0 Å². The van der Waals surface area contributed by atoms with E-state index in [-0.39, 0.29) is 18.2 Å². The molecule has 0 spiro atoms. The summed E-state index contributed by atoms with van der Waals surface area (Å²) in [5.41, 5.74) is 4.90. The van der Waals surface area contributed by atoms with Crippen LogP contribution in [0.1, 0.15) is 17.8 Å². The molecular formula is C24H22N6O2. The van der Waals surface area contributed by atoms with Crippen LogP contribution in [0.2, 0.25) is 0 Å². The molecule has 8 nitrogen and oxygen atoms in total. The second-order valence-corrected chi connectivity index (χ2v) is 8.05. The van der Waals surface area contributed by atoms with Gasteiger partial charge in [-0.2, -0.15) is 9.61 Å². The van der Waals surface area contributed by atoms with Crippen LogP contribution in [0.25, 0.3) is 16.9 Å². The highest BCUT2D eigenvalue weighted by atomic mass is 16.2. The summed E-state index contributed by atoms with van der Waals surface area (Å²) >= 11 is 0. The van der Waals surface area contributed by atoms with Gasteiger partial charge < -0.3 is 10.2 Å². The smallest absolute Gasteiger partial charge is 0.229 e. The molecule has 1 N–H and O–H groups in total. The Balaban J connectivity index is 1.32. The van der Waals surface area contributed by atoms with E-state index in [1.54, 1.807) is 9.42 Å². The summed E-state index contributed by atoms with van der Waals surface area (Å²) in [6, 6.07) is 19.0. The minimum Gasteiger partial charge on any atom is -0.326 e. The minimum atomic E-state index is -0.401. The highest BCUT2D eigenvalue weighted by molar-refractivity contribution is 6.03. The number of fused-ring (bicyclic) bond motifs is 1. The molecule has 1 fully saturated rings. The number of benzene rings is 2. The maximum atomic E-state index is 12.9. The van der Waals surface area contributed by atoms with Crippen LogP contribution in [0.15, 0.2) is 60.7 Å². The molecule has 0 radical (unpaired) electrons. The molecule has 1 unspecified atom stereocenters. The van der Waals surface area contributed by atoms with Crippen molar-refractivity contribution in [2.75, 3.05) is 16.8 Å². The lowest BCUT2D eigenvalue weighted by molar-refractivity contribution is -0.122. The summed E-state index contributed by atoms with van der Waals surface area (Å²) in [5, 5.41) is 15.6. The van der Waals surface area contributed by atoms with E-state index in [1.807, 2.05) is 74.5 Å². The second kappa shape index (κ2) is 7.88. The molecule has 1 saturated heterocycles. The van der Waals surface area contributed by atoms with Crippen molar-refractivity contribution in [2.24, 2.45) is 5.92 Å². The van der Waals surface area contributed by atoms with Crippen molar-refractivity contribution in [2.45, 2.75) is 20.3 Å². The van der Waals surface area contributed by atoms with Crippen molar-refractivity contribution in [3.8, 4) is 11.3 Å². The summed E-state index contributed by atoms with van der Waals surface area (Å²) < 4.78 is 1.68. The quantitative estimate of drug-likeness (QED) is 0.540. The Morgan fingerprint density at radius 1 is 1.03 bits per heavy atom. The highest BCUT2D eigenvalue weighted by Crippen LogP contribution is 2.27. The molecule has 1 aliphatic heterocycles. The SMILES string of the molecule is Cc1ccc(N2CC(C(=O)Nc3cccc(-c4ccc5nnc(C)n5n4)c3)CC2=O)cc1. The van der Waals surface area contributed by atoms with Gasteiger partial charge in [0.2, 0.25) is 11.8 Å². The third-order valence-electron chi connectivity index (χ3n) is 5.69. The fourth-order valence-corrected chi connectivity index (χ4v) is 3.91. The van der Waals surface area contributed by atoms with Gasteiger partial charge in [0.1, 0.15) is 0 Å². The monoisotopic (exact) mass is 426 g/mol. The van der Waals surface area contributed by atoms with E-state index in [1.165, 1.54) is 0 Å². The van der Waals surface area contributed by atoms with E-state index in [9.17, 15) is 9.59 Å². The van der Waals surface area contributed by atoms with E-state index in [0.29, 0.717) is 23.7 Å². The van der Waals surface area contributed by atoms with Crippen LogP contribution < -0.4 is 10.2 Å². The maximum absolute atomic E-state index is 12.9. The number of hydrogen-bond acceptors (Lipinski definition) is 5. The van der Waals surface area contributed by atoms with Gasteiger partial charge in [-0.15, -0.1) is 10.2 Å². The average Bonchev–Trinajstić information content (AvgIpc) is 3.37. The topological polar surface area (TPSA) is 92.5 Å². The van der Waals surface area contributed by atoms with Crippen LogP contribution in [0, 0.1) is 19.8 Å². The zero-order valence-electron chi connectivity index (χ0n) is 17.8. The molecule has 1 aliphatic rings. The number of carbonyl (C=O) groups excluding carboxylic acids is 2. The van der Waals surface area contributed by atoms with Crippen molar-refractivity contribution in [3.05, 3.63) is 72.1 Å². The predicted molar refractivity (Wildman–Crippen MR) is 121 cm³/mol. The van der Waals surface area contributed by atoms with Crippen molar-refractivity contribution < 1.29 is 9.59 Å². The van der Waals surface area contributed by atoms with Gasteiger partial charge in [0.15, 0.2) is 11.5 Å². The largest absolute Gasteiger partial charge is 0.326 e. The van der Waals surface area contributed by atoms with Gasteiger partial charge in [-0.25, -0.2) is 0 Å². The lowest BCUT2D eigenvalue weighted by Gasteiger charge is -2.17. The fraction of sp³-hybridized carbons (Fsp3) is 0.208. The van der Waals surface area contributed by atoms with Gasteiger partial charge in [0.25, 0.3) is 0 Å². The number of amides is 2. The molecule has 4 aromatic rings. The third kappa shape index (κ3) is 3.71. The molecule has 3 heterocycles. The number of hydrogen-bond donors (Lipinski definition) is 1. The molecule has 1 atom stereocenters. The van der Waals surface area contributed by atoms with Crippen molar-refractivity contribution in [3.63, 3.8) is 0 Å². The molecule has 2 aromatic carbocycles. The van der Waals surface area contributed by atoms with Gasteiger partial charge >= 0.3 is 0 Å². The molecule has 2 aromatic heterocycles. The van der Waals surface area contributed by atoms with Crippen molar-refractivity contribution >= 4 is 28.8 Å². The van der Waals surface area contributed by atoms with E-state index >= 15 is 0 Å². The van der Waals surface area contributed by atoms with E-state index in [2.05, 4.69) is 20.6 Å². The van der Waals surface area contributed by atoms with Crippen LogP contribution in [0.4, 0.5) is 11.4 Å². The Morgan fingerprint density at radius 2 is 1.84 bits per heavy atom. The Labute approximate surface area is 184 Å². The number of anilines is 2. The van der Waals surface area contributed by atoms with Gasteiger partial charge in [-0.1, -0.05) is 29.8 Å². The van der Waals surface area contributed by atoms with Crippen molar-refractivity contribution in [1.82, 2.24) is 19.8 Å². The summed E-state index contributed by atoms with van der Waals surface area (Å²) in [6.45, 7) is 4.22. The first-order valence-electron chi connectivity index (χ1n) is 10.5. The van der Waals surface area contributed by atoms with E-state index in [4.69, 9.17) is 0 Å². The summed E-state index contributed by atoms with van der Waals surface area (Å²) in [6.07, 6.45) is 0.199. The molecule has 2 amide bonds. The summed E-state index contributed by atoms with van der Waals surface area (Å²) in [5.74, 6) is 0.102. The Kier molecular flexibility index (Phi) is 4.89. The number of nitrogens with one attached hydrogen (secondary N) is 1. The number of rotatable bonds is 4. The molecule has 5 rings (SSSR count). The molecule has 8 heteroatoms. The van der Waals surface area contributed by atoms with E-state index < -0.39 is 5.92 Å². The molecular weight excluding hydrogens is 404 g/mol. The molecule has 0 saturated carbocycles. The Hall–Kier alpha value is -4.07. The standard InChI is InChI=1S/C24H22N6O2/c1-15-6-8-20(9-7-15)29-14-18(13-23(29)31)24(32)25-19-5-3-4-17(12-19)21-10-11-22-27-26-16(2)30(22)28-21/h3-12,18H,13-14H2,1-2H3,(H,25,32). The molecule has 32 heavy (non-hydrogen) atoms. The Bertz CT molecular complexity index is 1330. The first-order valence-corrected chi connectivity index (χ1v) is 10.5. The normalized spacial score (nSPS) is 16.0. The number of carbonyl (C=O) groups is 2. The van der Waals surface area contributed by atoms with Gasteiger partial charge in [0, 0.05) is 29.9 Å². The van der Waals surface area contributed by atoms with Crippen LogP contribution in [0.5, 0.6) is 0 Å². The van der Waals surface area contributed by atoms with Crippen LogP contribution in [0.3, 0.4) is 0 Å². The fourth-order valence-electron chi connectivity index (χ4n) is 3.91. The first-order chi connectivity index (χ1) is 15.5. The molecule has 160 valence electrons.